The first-order valence-electron chi connectivity index (χ1n) is 9.00. The Morgan fingerprint density at radius 3 is 2.61 bits per heavy atom. The van der Waals surface area contributed by atoms with Crippen LogP contribution < -0.4 is 9.62 Å². The number of nitrogens with one attached hydrogen (secondary N) is 1. The van der Waals surface area contributed by atoms with Crippen LogP contribution in [0.2, 0.25) is 5.02 Å². The number of halogens is 3. The van der Waals surface area contributed by atoms with E-state index in [9.17, 15) is 18.7 Å². The van der Waals surface area contributed by atoms with Gasteiger partial charge in [0.2, 0.25) is 0 Å². The molecule has 3 rings (SSSR count). The van der Waals surface area contributed by atoms with Crippen molar-refractivity contribution in [2.75, 3.05) is 22.7 Å². The maximum absolute atomic E-state index is 13.5. The number of hydrogen-bond acceptors (Lipinski definition) is 4. The third-order valence-electron chi connectivity index (χ3n) is 4.76. The summed E-state index contributed by atoms with van der Waals surface area (Å²) in [6.45, 7) is 2.53. The number of rotatable bonds is 6. The Balaban J connectivity index is 1.82. The first-order chi connectivity index (χ1) is 13.3. The van der Waals surface area contributed by atoms with E-state index >= 15 is 0 Å². The zero-order valence-electron chi connectivity index (χ0n) is 15.3. The number of aryl methyl sites for hydroxylation is 1. The van der Waals surface area contributed by atoms with Gasteiger partial charge in [-0.2, -0.15) is 0 Å². The van der Waals surface area contributed by atoms with Crippen LogP contribution in [0.15, 0.2) is 41.3 Å². The van der Waals surface area contributed by atoms with E-state index in [2.05, 4.69) is 4.72 Å². The number of nitrogens with zero attached hydrogens (tertiary/aromatic N) is 1. The Kier molecular flexibility index (Phi) is 6.35. The smallest absolute Gasteiger partial charge is 0.335 e. The van der Waals surface area contributed by atoms with Crippen LogP contribution in [0.3, 0.4) is 0 Å². The quantitative estimate of drug-likeness (QED) is 0.558. The Labute approximate surface area is 172 Å². The summed E-state index contributed by atoms with van der Waals surface area (Å²) >= 11 is 7.44. The van der Waals surface area contributed by atoms with E-state index < -0.39 is 11.9 Å². The molecule has 0 unspecified atom stereocenters. The van der Waals surface area contributed by atoms with Crippen LogP contribution in [-0.4, -0.2) is 30.1 Å². The number of carboxylic acid groups (broad SMARTS) is 1. The summed E-state index contributed by atoms with van der Waals surface area (Å²) in [5.74, 6) is -3.60. The SMILES string of the molecule is CCc1ccc(C(=O)O)cc1SNc1cc(Cl)ccc1N1CCC(F)(F)CC1. The highest BCUT2D eigenvalue weighted by atomic mass is 35.5. The number of anilines is 2. The maximum Gasteiger partial charge on any atom is 0.335 e. The molecular formula is C20H21ClF2N2O2S. The van der Waals surface area contributed by atoms with Gasteiger partial charge in [0.05, 0.1) is 16.9 Å². The van der Waals surface area contributed by atoms with E-state index in [0.29, 0.717) is 10.7 Å². The molecule has 2 aromatic carbocycles. The number of alkyl halides is 2. The fraction of sp³-hybridized carbons (Fsp3) is 0.350. The standard InChI is InChI=1S/C20H21ClF2N2O2S/c1-2-13-3-4-14(19(26)27)11-18(13)28-24-16-12-15(21)5-6-17(16)25-9-7-20(22,23)8-10-25/h3-6,11-12,24H,2,7-10H2,1H3,(H,26,27). The predicted octanol–water partition coefficient (Wildman–Crippen LogP) is 5.96. The molecule has 0 spiro atoms. The fourth-order valence-corrected chi connectivity index (χ4v) is 4.21. The number of piperidine rings is 1. The lowest BCUT2D eigenvalue weighted by Gasteiger charge is -2.34. The summed E-state index contributed by atoms with van der Waals surface area (Å²) in [6.07, 6.45) is 0.402. The summed E-state index contributed by atoms with van der Waals surface area (Å²) in [5.41, 5.74) is 2.75. The summed E-state index contributed by atoms with van der Waals surface area (Å²) in [7, 11) is 0. The minimum absolute atomic E-state index is 0.178. The van der Waals surface area contributed by atoms with E-state index in [4.69, 9.17) is 11.6 Å². The van der Waals surface area contributed by atoms with Crippen LogP contribution in [0.4, 0.5) is 20.2 Å². The lowest BCUT2D eigenvalue weighted by molar-refractivity contribution is -0.0220. The average molecular weight is 427 g/mol. The number of carbonyl (C=O) groups is 1. The predicted molar refractivity (Wildman–Crippen MR) is 110 cm³/mol. The molecule has 1 fully saturated rings. The van der Waals surface area contributed by atoms with Gasteiger partial charge in [-0.25, -0.2) is 13.6 Å². The highest BCUT2D eigenvalue weighted by Gasteiger charge is 2.34. The molecule has 1 heterocycles. The molecule has 28 heavy (non-hydrogen) atoms. The first-order valence-corrected chi connectivity index (χ1v) is 10.2. The average Bonchev–Trinajstić information content (AvgIpc) is 2.66. The van der Waals surface area contributed by atoms with Crippen molar-refractivity contribution in [1.29, 1.82) is 0 Å². The molecule has 0 saturated carbocycles. The van der Waals surface area contributed by atoms with E-state index in [1.165, 1.54) is 11.9 Å². The Hall–Kier alpha value is -1.99. The lowest BCUT2D eigenvalue weighted by Crippen LogP contribution is -2.39. The van der Waals surface area contributed by atoms with Crippen molar-refractivity contribution in [1.82, 2.24) is 0 Å². The van der Waals surface area contributed by atoms with Gasteiger partial charge in [-0.3, -0.25) is 0 Å². The van der Waals surface area contributed by atoms with Crippen molar-refractivity contribution in [3.05, 3.63) is 52.5 Å². The van der Waals surface area contributed by atoms with Gasteiger partial charge in [-0.15, -0.1) is 0 Å². The molecule has 8 heteroatoms. The monoisotopic (exact) mass is 426 g/mol. The van der Waals surface area contributed by atoms with Crippen LogP contribution in [0.1, 0.15) is 35.7 Å². The molecular weight excluding hydrogens is 406 g/mol. The minimum atomic E-state index is -2.61. The van der Waals surface area contributed by atoms with Crippen molar-refractivity contribution >= 4 is 40.9 Å². The molecule has 150 valence electrons. The van der Waals surface area contributed by atoms with Crippen LogP contribution >= 0.6 is 23.5 Å². The molecule has 0 aliphatic carbocycles. The number of aromatic carboxylic acids is 1. The van der Waals surface area contributed by atoms with Crippen LogP contribution in [-0.2, 0) is 6.42 Å². The second-order valence-electron chi connectivity index (χ2n) is 6.69. The van der Waals surface area contributed by atoms with Gasteiger partial charge >= 0.3 is 5.97 Å². The summed E-state index contributed by atoms with van der Waals surface area (Å²) < 4.78 is 30.2. The molecule has 1 aliphatic rings. The zero-order valence-corrected chi connectivity index (χ0v) is 16.9. The third kappa shape index (κ3) is 4.89. The van der Waals surface area contributed by atoms with Crippen LogP contribution in [0, 0.1) is 0 Å². The van der Waals surface area contributed by atoms with E-state index in [-0.39, 0.29) is 31.5 Å². The molecule has 0 atom stereocenters. The molecule has 0 radical (unpaired) electrons. The molecule has 0 bridgehead atoms. The molecule has 2 N–H and O–H groups in total. The number of hydrogen-bond donors (Lipinski definition) is 2. The van der Waals surface area contributed by atoms with Gasteiger partial charge in [-0.1, -0.05) is 24.6 Å². The number of carboxylic acids is 1. The van der Waals surface area contributed by atoms with E-state index in [0.717, 1.165) is 22.6 Å². The largest absolute Gasteiger partial charge is 0.478 e. The zero-order chi connectivity index (χ0) is 20.3. The topological polar surface area (TPSA) is 52.6 Å². The highest BCUT2D eigenvalue weighted by Crippen LogP contribution is 2.37. The van der Waals surface area contributed by atoms with E-state index in [1.807, 2.05) is 17.9 Å². The first kappa shape index (κ1) is 20.7. The van der Waals surface area contributed by atoms with E-state index in [1.54, 1.807) is 30.3 Å². The van der Waals surface area contributed by atoms with Crippen LogP contribution in [0.5, 0.6) is 0 Å². The fourth-order valence-electron chi connectivity index (χ4n) is 3.13. The van der Waals surface area contributed by atoms with Gasteiger partial charge in [0.1, 0.15) is 0 Å². The molecule has 0 aromatic heterocycles. The molecule has 0 amide bonds. The van der Waals surface area contributed by atoms with Crippen molar-refractivity contribution in [3.8, 4) is 0 Å². The summed E-state index contributed by atoms with van der Waals surface area (Å²) in [6, 6.07) is 10.3. The van der Waals surface area contributed by atoms with Crippen molar-refractivity contribution in [3.63, 3.8) is 0 Å². The summed E-state index contributed by atoms with van der Waals surface area (Å²) in [5, 5.41) is 9.77. The third-order valence-corrected chi connectivity index (χ3v) is 5.92. The lowest BCUT2D eigenvalue weighted by atomic mass is 10.1. The maximum atomic E-state index is 13.5. The second kappa shape index (κ2) is 8.57. The van der Waals surface area contributed by atoms with Crippen molar-refractivity contribution in [2.24, 2.45) is 0 Å². The van der Waals surface area contributed by atoms with Crippen LogP contribution in [0.25, 0.3) is 0 Å². The number of benzene rings is 2. The highest BCUT2D eigenvalue weighted by molar-refractivity contribution is 8.00. The van der Waals surface area contributed by atoms with Gasteiger partial charge in [0.25, 0.3) is 5.92 Å². The normalized spacial score (nSPS) is 16.1. The van der Waals surface area contributed by atoms with Crippen molar-refractivity contribution < 1.29 is 18.7 Å². The molecule has 1 aliphatic heterocycles. The Morgan fingerprint density at radius 2 is 1.96 bits per heavy atom. The summed E-state index contributed by atoms with van der Waals surface area (Å²) in [4.78, 5) is 14.0. The Bertz CT molecular complexity index is 869. The van der Waals surface area contributed by atoms with Crippen molar-refractivity contribution in [2.45, 2.75) is 37.0 Å². The van der Waals surface area contributed by atoms with Gasteiger partial charge < -0.3 is 14.7 Å². The molecule has 4 nitrogen and oxygen atoms in total. The Morgan fingerprint density at radius 1 is 1.25 bits per heavy atom. The van der Waals surface area contributed by atoms with Gasteiger partial charge in [0, 0.05) is 35.8 Å². The second-order valence-corrected chi connectivity index (χ2v) is 7.97. The van der Waals surface area contributed by atoms with Gasteiger partial charge in [-0.05, 0) is 54.3 Å². The van der Waals surface area contributed by atoms with Gasteiger partial charge in [0.15, 0.2) is 0 Å². The molecule has 1 saturated heterocycles. The minimum Gasteiger partial charge on any atom is -0.478 e. The molecule has 2 aromatic rings.